The fourth-order valence-corrected chi connectivity index (χ4v) is 16.4. The highest BCUT2D eigenvalue weighted by Crippen LogP contribution is 2.39. The van der Waals surface area contributed by atoms with E-state index in [1.807, 2.05) is 24.3 Å². The van der Waals surface area contributed by atoms with E-state index in [0.717, 1.165) is 110 Å². The van der Waals surface area contributed by atoms with E-state index in [2.05, 4.69) is 64.5 Å². The number of hydrogen-bond donors (Lipinski definition) is 4. The molecule has 9 aliphatic rings. The minimum absolute atomic E-state index is 0.0539. The summed E-state index contributed by atoms with van der Waals surface area (Å²) in [6, 6.07) is 18.1. The van der Waals surface area contributed by atoms with Gasteiger partial charge in [0.05, 0.1) is 29.0 Å². The number of amidine groups is 3. The summed E-state index contributed by atoms with van der Waals surface area (Å²) in [5, 5.41) is 31.9. The van der Waals surface area contributed by atoms with E-state index in [1.165, 1.54) is 58.6 Å². The molecule has 0 aromatic heterocycles. The smallest absolute Gasteiger partial charge is 0.253 e. The normalized spacial score (nSPS) is 26.7. The van der Waals surface area contributed by atoms with E-state index in [-0.39, 0.29) is 42.4 Å². The number of nitrogens with one attached hydrogen (secondary N) is 4. The average Bonchev–Trinajstić information content (AvgIpc) is 3.40. The van der Waals surface area contributed by atoms with Crippen LogP contribution >= 0.6 is 38.2 Å². The van der Waals surface area contributed by atoms with Crippen molar-refractivity contribution in [2.24, 2.45) is 50.5 Å². The third-order valence-corrected chi connectivity index (χ3v) is 23.5. The summed E-state index contributed by atoms with van der Waals surface area (Å²) in [6.45, 7) is 13.2. The van der Waals surface area contributed by atoms with Crippen LogP contribution in [0.25, 0.3) is 6.08 Å². The maximum Gasteiger partial charge on any atom is 0.253 e. The van der Waals surface area contributed by atoms with E-state index in [1.54, 1.807) is 36.4 Å². The molecule has 6 heterocycles. The van der Waals surface area contributed by atoms with Gasteiger partial charge in [0.15, 0.2) is 0 Å². The Balaban J connectivity index is 0.000000171. The molecule has 6 aliphatic heterocycles. The first-order valence-electron chi connectivity index (χ1n) is 30.7. The zero-order valence-electron chi connectivity index (χ0n) is 50.6. The number of amides is 3. The second kappa shape index (κ2) is 31.4. The van der Waals surface area contributed by atoms with Crippen molar-refractivity contribution in [3.8, 4) is 12.1 Å². The number of piperidine rings is 3. The minimum atomic E-state index is -3.62. The van der Waals surface area contributed by atoms with Crippen LogP contribution in [0.2, 0.25) is 0 Å². The Morgan fingerprint density at radius 1 is 0.602 bits per heavy atom. The molecule has 0 radical (unpaired) electrons. The van der Waals surface area contributed by atoms with Crippen LogP contribution in [0.3, 0.4) is 0 Å². The summed E-state index contributed by atoms with van der Waals surface area (Å²) in [5.74, 6) is 6.05. The highest BCUT2D eigenvalue weighted by Gasteiger charge is 2.50. The lowest BCUT2D eigenvalue weighted by Crippen LogP contribution is -2.50. The molecule has 4 N–H and O–H groups in total. The van der Waals surface area contributed by atoms with Crippen LogP contribution in [0, 0.1) is 58.2 Å². The molecular formula is C62H84BrCl2N11O9S3. The van der Waals surface area contributed by atoms with Crippen LogP contribution in [0.5, 0.6) is 0 Å². The number of nitrogens with zero attached hydrogens (tertiary/aromatic N) is 7. The second-order valence-electron chi connectivity index (χ2n) is 24.7. The zero-order valence-corrected chi connectivity index (χ0v) is 56.1. The lowest BCUT2D eigenvalue weighted by molar-refractivity contribution is -0.125. The highest BCUT2D eigenvalue weighted by molar-refractivity contribution is 9.10. The van der Waals surface area contributed by atoms with Gasteiger partial charge < -0.3 is 21.3 Å². The topological polar surface area (TPSA) is 293 Å². The standard InChI is InChI=1S/C23H28N4O3S.C16H25N3O3S.C14H23N3O.C7H4BrN.C2H4Cl2O2S/c1-17-5-7-20(8-6-17)21-25-22(28)23(26-21)10-12-27(13-11-23)31(29,30)14-9-18-3-2-4-19(15-18)16-24;1-3-23(21,22)19-10-8-16(9-11-19)15(20)17-14(18-16)13-6-4-12(2)5-7-13;1-10-2-4-11(5-3-10)12-16-13(18)14(17-12)6-8-15-9-7-14;8-7-3-1-2-6(4-7)5-9;3-1-2-7(4,5)6/h2-4,9,14-15,17,20H,5-8,10-13H2,1H3,(H,25,26,28);3,12-13H,1,4-11H2,2H3,(H,17,18,20);10-11,15H,2-9H2,1H3,(H,16,17,18);1-4H;1-2H2/b14-9+;;;;. The summed E-state index contributed by atoms with van der Waals surface area (Å²) in [5.41, 5.74) is -0.190. The van der Waals surface area contributed by atoms with Crippen LogP contribution in [0.4, 0.5) is 0 Å². The van der Waals surface area contributed by atoms with Gasteiger partial charge in [0.1, 0.15) is 34.1 Å². The monoisotopic (exact) mass is 1370 g/mol. The van der Waals surface area contributed by atoms with Crippen molar-refractivity contribution in [1.82, 2.24) is 29.9 Å². The Hall–Kier alpha value is -4.89. The molecule has 3 saturated heterocycles. The van der Waals surface area contributed by atoms with Crippen LogP contribution in [0.1, 0.15) is 153 Å². The largest absolute Gasteiger partial charge is 0.317 e. The predicted octanol–water partition coefficient (Wildman–Crippen LogP) is 9.27. The molecule has 11 rings (SSSR count). The summed E-state index contributed by atoms with van der Waals surface area (Å²) in [7, 11) is -5.64. The van der Waals surface area contributed by atoms with Gasteiger partial charge in [-0.1, -0.05) is 100 Å². The molecule has 2 aromatic carbocycles. The van der Waals surface area contributed by atoms with Gasteiger partial charge in [0.2, 0.25) is 29.1 Å². The van der Waals surface area contributed by atoms with E-state index >= 15 is 0 Å². The SMILES string of the molecule is C=CS(=O)(=O)N1CCC2(CC1)N=C(C1CCC(C)CC1)NC2=O.CC1CCC(C2=NC3(CCN(S(=O)(=O)/C=C/c4cccc(C#N)c4)CC3)C(=O)N2)CC1.CC1CCC(C2=NC3(CCNCC3)C(=O)N2)CC1.N#Cc1cccc(Br)c1.O=S(=O)(Cl)CCCl. The molecule has 0 atom stereocenters. The van der Waals surface area contributed by atoms with Crippen LogP contribution in [-0.4, -0.2) is 137 Å². The minimum Gasteiger partial charge on any atom is -0.317 e. The van der Waals surface area contributed by atoms with Crippen molar-refractivity contribution in [3.63, 3.8) is 0 Å². The van der Waals surface area contributed by atoms with Crippen LogP contribution in [0.15, 0.2) is 85.4 Å². The number of carbonyl (C=O) groups is 3. The lowest BCUT2D eigenvalue weighted by Gasteiger charge is -2.34. The molecule has 0 bridgehead atoms. The molecule has 3 aliphatic carbocycles. The third kappa shape index (κ3) is 19.1. The Labute approximate surface area is 538 Å². The first kappa shape index (κ1) is 70.6. The molecule has 6 fully saturated rings. The molecule has 480 valence electrons. The van der Waals surface area contributed by atoms with Gasteiger partial charge in [-0.15, -0.1) is 11.6 Å². The molecule has 3 spiro atoms. The number of sulfonamides is 2. The fraction of sp³-hybridized carbons (Fsp3) is 0.613. The summed E-state index contributed by atoms with van der Waals surface area (Å²) < 4.78 is 72.8. The summed E-state index contributed by atoms with van der Waals surface area (Å²) in [4.78, 5) is 51.9. The van der Waals surface area contributed by atoms with Gasteiger partial charge in [-0.3, -0.25) is 29.4 Å². The molecule has 2 aromatic rings. The number of rotatable bonds is 10. The van der Waals surface area contributed by atoms with Crippen molar-refractivity contribution in [2.75, 3.05) is 50.9 Å². The van der Waals surface area contributed by atoms with E-state index < -0.39 is 45.7 Å². The number of halogens is 3. The van der Waals surface area contributed by atoms with E-state index in [0.29, 0.717) is 73.2 Å². The second-order valence-corrected chi connectivity index (χ2v) is 32.6. The number of nitriles is 2. The van der Waals surface area contributed by atoms with E-state index in [9.17, 15) is 39.6 Å². The van der Waals surface area contributed by atoms with Gasteiger partial charge in [0, 0.05) is 75.8 Å². The molecule has 0 unspecified atom stereocenters. The Morgan fingerprint density at radius 2 is 0.977 bits per heavy atom. The molecule has 26 heteroatoms. The maximum absolute atomic E-state index is 12.8. The predicted molar refractivity (Wildman–Crippen MR) is 349 cm³/mol. The van der Waals surface area contributed by atoms with Crippen LogP contribution in [-0.2, 0) is 43.5 Å². The zero-order chi connectivity index (χ0) is 63.9. The van der Waals surface area contributed by atoms with Gasteiger partial charge in [-0.2, -0.15) is 19.1 Å². The first-order chi connectivity index (χ1) is 41.8. The number of aliphatic imine (C=N–C) groups is 3. The fourth-order valence-electron chi connectivity index (χ4n) is 12.6. The van der Waals surface area contributed by atoms with Gasteiger partial charge in [0.25, 0.3) is 17.7 Å². The lowest BCUT2D eigenvalue weighted by atomic mass is 9.82. The van der Waals surface area contributed by atoms with E-state index in [4.69, 9.17) is 47.8 Å². The number of hydrogen-bond acceptors (Lipinski definition) is 15. The molecule has 20 nitrogen and oxygen atoms in total. The van der Waals surface area contributed by atoms with Gasteiger partial charge in [-0.05, 0) is 150 Å². The van der Waals surface area contributed by atoms with Gasteiger partial charge >= 0.3 is 0 Å². The Bertz CT molecular complexity index is 3380. The molecule has 3 saturated carbocycles. The number of carbonyl (C=O) groups excluding carboxylic acids is 3. The molecular weight excluding hydrogens is 1290 g/mol. The van der Waals surface area contributed by atoms with Crippen molar-refractivity contribution >= 4 is 109 Å². The molecule has 88 heavy (non-hydrogen) atoms. The van der Waals surface area contributed by atoms with Gasteiger partial charge in [-0.25, -0.2) is 25.3 Å². The average molecular weight is 1370 g/mol. The first-order valence-corrected chi connectivity index (χ1v) is 37.5. The third-order valence-electron chi connectivity index (χ3n) is 18.4. The van der Waals surface area contributed by atoms with Crippen molar-refractivity contribution < 1.29 is 39.6 Å². The number of benzene rings is 2. The maximum atomic E-state index is 12.8. The van der Waals surface area contributed by atoms with Crippen molar-refractivity contribution in [3.05, 3.63) is 87.1 Å². The Kier molecular flexibility index (Phi) is 25.2. The molecule has 3 amide bonds. The van der Waals surface area contributed by atoms with Crippen molar-refractivity contribution in [2.45, 2.75) is 153 Å². The number of alkyl halides is 1. The summed E-state index contributed by atoms with van der Waals surface area (Å²) >= 11 is 8.27. The van der Waals surface area contributed by atoms with Crippen LogP contribution < -0.4 is 21.3 Å². The highest BCUT2D eigenvalue weighted by atomic mass is 79.9. The summed E-state index contributed by atoms with van der Waals surface area (Å²) in [6.07, 6.45) is 18.7. The quantitative estimate of drug-likeness (QED) is 0.128. The Morgan fingerprint density at radius 3 is 1.32 bits per heavy atom. The van der Waals surface area contributed by atoms with Crippen molar-refractivity contribution in [1.29, 1.82) is 10.5 Å².